The highest BCUT2D eigenvalue weighted by Gasteiger charge is 2.16. The summed E-state index contributed by atoms with van der Waals surface area (Å²) in [6.07, 6.45) is 4.49. The third-order valence-electron chi connectivity index (χ3n) is 3.59. The summed E-state index contributed by atoms with van der Waals surface area (Å²) in [6.45, 7) is 1.30. The lowest BCUT2D eigenvalue weighted by Crippen LogP contribution is -2.32. The standard InChI is InChI=1S/C16H19BrFN3/c1-21(9-6-12-4-7-20-8-5-12)16(11-19)13-2-3-14(17)15(18)10-13/h2-5,7-8,10,16H,6,9,11,19H2,1H3. The molecule has 3 nitrogen and oxygen atoms in total. The Morgan fingerprint density at radius 1 is 1.29 bits per heavy atom. The minimum atomic E-state index is -0.256. The fourth-order valence-electron chi connectivity index (χ4n) is 2.30. The molecule has 0 fully saturated rings. The van der Waals surface area contributed by atoms with E-state index in [-0.39, 0.29) is 11.9 Å². The Morgan fingerprint density at radius 2 is 2.00 bits per heavy atom. The van der Waals surface area contributed by atoms with Crippen LogP contribution in [0.5, 0.6) is 0 Å². The van der Waals surface area contributed by atoms with Gasteiger partial charge in [0.25, 0.3) is 0 Å². The average molecular weight is 352 g/mol. The number of halogens is 2. The molecular weight excluding hydrogens is 333 g/mol. The molecule has 0 saturated heterocycles. The predicted molar refractivity (Wildman–Crippen MR) is 86.5 cm³/mol. The Hall–Kier alpha value is -1.30. The van der Waals surface area contributed by atoms with Crippen molar-refractivity contribution >= 4 is 15.9 Å². The van der Waals surface area contributed by atoms with Crippen LogP contribution < -0.4 is 5.73 Å². The van der Waals surface area contributed by atoms with Crippen LogP contribution in [0, 0.1) is 5.82 Å². The van der Waals surface area contributed by atoms with Crippen LogP contribution in [0.4, 0.5) is 4.39 Å². The smallest absolute Gasteiger partial charge is 0.137 e. The van der Waals surface area contributed by atoms with E-state index >= 15 is 0 Å². The Balaban J connectivity index is 2.04. The van der Waals surface area contributed by atoms with Crippen LogP contribution in [0.1, 0.15) is 17.2 Å². The SMILES string of the molecule is CN(CCc1ccncc1)C(CN)c1ccc(Br)c(F)c1. The molecule has 0 bridgehead atoms. The lowest BCUT2D eigenvalue weighted by atomic mass is 10.0. The molecule has 0 amide bonds. The molecule has 2 rings (SSSR count). The van der Waals surface area contributed by atoms with E-state index in [1.54, 1.807) is 24.5 Å². The number of aromatic nitrogens is 1. The average Bonchev–Trinajstić information content (AvgIpc) is 2.50. The fourth-order valence-corrected chi connectivity index (χ4v) is 2.55. The Morgan fingerprint density at radius 3 is 2.62 bits per heavy atom. The Labute approximate surface area is 133 Å². The molecule has 0 spiro atoms. The normalized spacial score (nSPS) is 12.6. The topological polar surface area (TPSA) is 42.2 Å². The molecule has 112 valence electrons. The highest BCUT2D eigenvalue weighted by atomic mass is 79.9. The second-order valence-electron chi connectivity index (χ2n) is 5.01. The van der Waals surface area contributed by atoms with Crippen LogP contribution in [-0.4, -0.2) is 30.0 Å². The van der Waals surface area contributed by atoms with Crippen molar-refractivity contribution in [3.05, 3.63) is 64.1 Å². The van der Waals surface area contributed by atoms with E-state index in [9.17, 15) is 4.39 Å². The third-order valence-corrected chi connectivity index (χ3v) is 4.23. The number of nitrogens with two attached hydrogens (primary N) is 1. The highest BCUT2D eigenvalue weighted by Crippen LogP contribution is 2.23. The van der Waals surface area contributed by atoms with Gasteiger partial charge in [-0.1, -0.05) is 6.07 Å². The van der Waals surface area contributed by atoms with Crippen molar-refractivity contribution in [2.24, 2.45) is 5.73 Å². The van der Waals surface area contributed by atoms with Gasteiger partial charge in [-0.15, -0.1) is 0 Å². The van der Waals surface area contributed by atoms with Crippen LogP contribution in [0.3, 0.4) is 0 Å². The molecular formula is C16H19BrFN3. The first kappa shape index (κ1) is 16.1. The van der Waals surface area contributed by atoms with E-state index in [0.717, 1.165) is 18.5 Å². The second-order valence-corrected chi connectivity index (χ2v) is 5.87. The van der Waals surface area contributed by atoms with Gasteiger partial charge in [0.15, 0.2) is 0 Å². The van der Waals surface area contributed by atoms with E-state index in [2.05, 4.69) is 25.8 Å². The summed E-state index contributed by atoms with van der Waals surface area (Å²) in [5.41, 5.74) is 8.01. The molecule has 0 aliphatic heterocycles. The van der Waals surface area contributed by atoms with Crippen molar-refractivity contribution < 1.29 is 4.39 Å². The van der Waals surface area contributed by atoms with E-state index in [1.165, 1.54) is 5.56 Å². The van der Waals surface area contributed by atoms with Gasteiger partial charge < -0.3 is 5.73 Å². The zero-order chi connectivity index (χ0) is 15.2. The first-order valence-electron chi connectivity index (χ1n) is 6.86. The van der Waals surface area contributed by atoms with Gasteiger partial charge in [-0.25, -0.2) is 4.39 Å². The van der Waals surface area contributed by atoms with Crippen molar-refractivity contribution in [3.8, 4) is 0 Å². The minimum Gasteiger partial charge on any atom is -0.329 e. The first-order valence-corrected chi connectivity index (χ1v) is 7.65. The van der Waals surface area contributed by atoms with Gasteiger partial charge in [0.2, 0.25) is 0 Å². The molecule has 1 aromatic heterocycles. The fraction of sp³-hybridized carbons (Fsp3) is 0.312. The van der Waals surface area contributed by atoms with Gasteiger partial charge in [0, 0.05) is 31.5 Å². The van der Waals surface area contributed by atoms with Crippen LogP contribution in [0.25, 0.3) is 0 Å². The monoisotopic (exact) mass is 351 g/mol. The third kappa shape index (κ3) is 4.33. The molecule has 1 atom stereocenters. The van der Waals surface area contributed by atoms with E-state index < -0.39 is 0 Å². The van der Waals surface area contributed by atoms with Crippen molar-refractivity contribution in [2.75, 3.05) is 20.1 Å². The molecule has 2 N–H and O–H groups in total. The molecule has 0 aliphatic rings. The Kier molecular flexibility index (Phi) is 5.85. The summed E-state index contributed by atoms with van der Waals surface area (Å²) in [4.78, 5) is 6.17. The summed E-state index contributed by atoms with van der Waals surface area (Å²) in [6, 6.07) is 9.20. The van der Waals surface area contributed by atoms with Crippen molar-refractivity contribution in [3.63, 3.8) is 0 Å². The van der Waals surface area contributed by atoms with Gasteiger partial charge in [-0.3, -0.25) is 9.88 Å². The lowest BCUT2D eigenvalue weighted by molar-refractivity contribution is 0.252. The molecule has 0 saturated carbocycles. The van der Waals surface area contributed by atoms with Crippen LogP contribution in [0.15, 0.2) is 47.2 Å². The number of pyridine rings is 1. The van der Waals surface area contributed by atoms with Crippen LogP contribution in [-0.2, 0) is 6.42 Å². The highest BCUT2D eigenvalue weighted by molar-refractivity contribution is 9.10. The quantitative estimate of drug-likeness (QED) is 0.869. The number of rotatable bonds is 6. The second kappa shape index (κ2) is 7.64. The number of benzene rings is 1. The zero-order valence-corrected chi connectivity index (χ0v) is 13.6. The maximum absolute atomic E-state index is 13.7. The Bertz CT molecular complexity index is 577. The van der Waals surface area contributed by atoms with Crippen LogP contribution >= 0.6 is 15.9 Å². The van der Waals surface area contributed by atoms with Crippen molar-refractivity contribution in [2.45, 2.75) is 12.5 Å². The maximum Gasteiger partial charge on any atom is 0.137 e. The molecule has 0 aliphatic carbocycles. The summed E-state index contributed by atoms with van der Waals surface area (Å²) >= 11 is 3.17. The maximum atomic E-state index is 13.7. The number of likely N-dealkylation sites (N-methyl/N-ethyl adjacent to an activating group) is 1. The molecule has 2 aromatic rings. The number of hydrogen-bond acceptors (Lipinski definition) is 3. The summed E-state index contributed by atoms with van der Waals surface area (Å²) < 4.78 is 14.2. The molecule has 1 aromatic carbocycles. The largest absolute Gasteiger partial charge is 0.329 e. The van der Waals surface area contributed by atoms with E-state index in [4.69, 9.17) is 5.73 Å². The van der Waals surface area contributed by atoms with Gasteiger partial charge in [-0.05, 0) is 64.8 Å². The van der Waals surface area contributed by atoms with E-state index in [1.807, 2.05) is 25.2 Å². The minimum absolute atomic E-state index is 0.00874. The molecule has 1 unspecified atom stereocenters. The molecule has 0 radical (unpaired) electrons. The number of hydrogen-bond donors (Lipinski definition) is 1. The van der Waals surface area contributed by atoms with Gasteiger partial charge in [0.1, 0.15) is 5.82 Å². The van der Waals surface area contributed by atoms with Gasteiger partial charge in [0.05, 0.1) is 4.47 Å². The number of nitrogens with zero attached hydrogens (tertiary/aromatic N) is 2. The van der Waals surface area contributed by atoms with E-state index in [0.29, 0.717) is 11.0 Å². The first-order chi connectivity index (χ1) is 10.1. The van der Waals surface area contributed by atoms with Crippen molar-refractivity contribution in [1.82, 2.24) is 9.88 Å². The molecule has 1 heterocycles. The molecule has 5 heteroatoms. The predicted octanol–water partition coefficient (Wildman–Crippen LogP) is 3.16. The summed E-state index contributed by atoms with van der Waals surface area (Å²) in [7, 11) is 2.01. The zero-order valence-electron chi connectivity index (χ0n) is 12.0. The van der Waals surface area contributed by atoms with Crippen molar-refractivity contribution in [1.29, 1.82) is 0 Å². The summed E-state index contributed by atoms with van der Waals surface area (Å²) in [5, 5.41) is 0. The summed E-state index contributed by atoms with van der Waals surface area (Å²) in [5.74, 6) is -0.256. The van der Waals surface area contributed by atoms with Gasteiger partial charge >= 0.3 is 0 Å². The molecule has 21 heavy (non-hydrogen) atoms. The lowest BCUT2D eigenvalue weighted by Gasteiger charge is -2.27. The van der Waals surface area contributed by atoms with Gasteiger partial charge in [-0.2, -0.15) is 0 Å². The van der Waals surface area contributed by atoms with Crippen LogP contribution in [0.2, 0.25) is 0 Å².